The first-order chi connectivity index (χ1) is 7.43. The van der Waals surface area contributed by atoms with Gasteiger partial charge in [-0.25, -0.2) is 13.6 Å². The van der Waals surface area contributed by atoms with Gasteiger partial charge in [-0.05, 0) is 6.07 Å². The van der Waals surface area contributed by atoms with Crippen LogP contribution in [0.3, 0.4) is 0 Å². The lowest BCUT2D eigenvalue weighted by Crippen LogP contribution is -2.40. The molecular weight excluding hydrogens is 248 g/mol. The van der Waals surface area contributed by atoms with Crippen molar-refractivity contribution >= 4 is 21.8 Å². The molecule has 1 heterocycles. The van der Waals surface area contributed by atoms with E-state index in [-0.39, 0.29) is 4.90 Å². The van der Waals surface area contributed by atoms with E-state index in [9.17, 15) is 13.5 Å². The van der Waals surface area contributed by atoms with Gasteiger partial charge in [-0.1, -0.05) is 18.2 Å². The van der Waals surface area contributed by atoms with E-state index in [4.69, 9.17) is 5.14 Å². The third-order valence-electron chi connectivity index (χ3n) is 2.42. The van der Waals surface area contributed by atoms with Gasteiger partial charge in [0.2, 0.25) is 10.0 Å². The third-order valence-corrected chi connectivity index (χ3v) is 4.36. The van der Waals surface area contributed by atoms with Crippen molar-refractivity contribution < 1.29 is 13.5 Å². The van der Waals surface area contributed by atoms with Gasteiger partial charge in [0.15, 0.2) is 5.72 Å². The van der Waals surface area contributed by atoms with E-state index >= 15 is 0 Å². The highest BCUT2D eigenvalue weighted by Crippen LogP contribution is 2.32. The minimum atomic E-state index is -3.82. The zero-order valence-corrected chi connectivity index (χ0v) is 10.0. The first-order valence-corrected chi connectivity index (χ1v) is 7.31. The molecule has 0 spiro atoms. The second-order valence-corrected chi connectivity index (χ2v) is 6.09. The minimum absolute atomic E-state index is 0.0347. The highest BCUT2D eigenvalue weighted by molar-refractivity contribution is 7.99. The molecule has 5 nitrogen and oxygen atoms in total. The maximum Gasteiger partial charge on any atom is 0.238 e. The molecule has 16 heavy (non-hydrogen) atoms. The minimum Gasteiger partial charge on any atom is -0.371 e. The maximum atomic E-state index is 11.4. The topological polar surface area (TPSA) is 92.4 Å². The van der Waals surface area contributed by atoms with Crippen molar-refractivity contribution in [1.82, 2.24) is 5.32 Å². The van der Waals surface area contributed by atoms with Gasteiger partial charge in [0.05, 0.1) is 4.90 Å². The summed E-state index contributed by atoms with van der Waals surface area (Å²) in [7, 11) is -3.82. The Bertz CT molecular complexity index is 495. The van der Waals surface area contributed by atoms with Crippen molar-refractivity contribution in [2.75, 3.05) is 11.6 Å². The second kappa shape index (κ2) is 4.01. The highest BCUT2D eigenvalue weighted by Gasteiger charge is 2.36. The summed E-state index contributed by atoms with van der Waals surface area (Å²) in [6, 6.07) is 6.22. The van der Waals surface area contributed by atoms with E-state index in [0.29, 0.717) is 17.2 Å². The van der Waals surface area contributed by atoms with Crippen molar-refractivity contribution in [1.29, 1.82) is 0 Å². The standard InChI is InChI=1S/C9H12N2O3S2/c10-16(13,14)8-4-2-1-3-7(8)9(12)5-15-6-11-9/h1-4,11-12H,5-6H2,(H2,10,13,14). The molecule has 1 saturated heterocycles. The molecule has 0 saturated carbocycles. The Balaban J connectivity index is 2.57. The summed E-state index contributed by atoms with van der Waals surface area (Å²) in [5.74, 6) is 0.981. The number of hydrogen-bond donors (Lipinski definition) is 3. The van der Waals surface area contributed by atoms with Gasteiger partial charge in [-0.15, -0.1) is 11.8 Å². The van der Waals surface area contributed by atoms with Gasteiger partial charge in [-0.2, -0.15) is 0 Å². The molecule has 4 N–H and O–H groups in total. The third kappa shape index (κ3) is 2.09. The molecule has 1 aromatic carbocycles. The number of benzene rings is 1. The SMILES string of the molecule is NS(=O)(=O)c1ccccc1C1(O)CSCN1. The second-order valence-electron chi connectivity index (χ2n) is 3.57. The van der Waals surface area contributed by atoms with E-state index in [2.05, 4.69) is 5.32 Å². The van der Waals surface area contributed by atoms with E-state index in [0.717, 1.165) is 0 Å². The largest absolute Gasteiger partial charge is 0.371 e. The Morgan fingerprint density at radius 3 is 2.69 bits per heavy atom. The number of nitrogens with two attached hydrogens (primary N) is 1. The molecule has 1 aliphatic heterocycles. The average Bonchev–Trinajstić information content (AvgIpc) is 2.65. The number of nitrogens with one attached hydrogen (secondary N) is 1. The number of hydrogen-bond acceptors (Lipinski definition) is 5. The van der Waals surface area contributed by atoms with Crippen molar-refractivity contribution in [2.24, 2.45) is 5.14 Å². The average molecular weight is 260 g/mol. The van der Waals surface area contributed by atoms with Crippen LogP contribution >= 0.6 is 11.8 Å². The lowest BCUT2D eigenvalue weighted by atomic mass is 10.1. The van der Waals surface area contributed by atoms with Crippen LogP contribution in [0.4, 0.5) is 0 Å². The van der Waals surface area contributed by atoms with Crippen LogP contribution in [-0.4, -0.2) is 25.2 Å². The molecule has 88 valence electrons. The van der Waals surface area contributed by atoms with Crippen LogP contribution in [0.2, 0.25) is 0 Å². The molecule has 1 aliphatic rings. The van der Waals surface area contributed by atoms with Crippen LogP contribution in [0.25, 0.3) is 0 Å². The first-order valence-electron chi connectivity index (χ1n) is 4.61. The van der Waals surface area contributed by atoms with Crippen LogP contribution in [0.1, 0.15) is 5.56 Å². The van der Waals surface area contributed by atoms with Gasteiger partial charge in [0.25, 0.3) is 0 Å². The van der Waals surface area contributed by atoms with Crippen LogP contribution < -0.4 is 10.5 Å². The Labute approximate surface area is 98.1 Å². The number of thioether (sulfide) groups is 1. The lowest BCUT2D eigenvalue weighted by molar-refractivity contribution is 0.0357. The van der Waals surface area contributed by atoms with Crippen molar-refractivity contribution in [3.63, 3.8) is 0 Å². The van der Waals surface area contributed by atoms with E-state index < -0.39 is 15.7 Å². The van der Waals surface area contributed by atoms with Crippen LogP contribution in [-0.2, 0) is 15.7 Å². The molecule has 0 aliphatic carbocycles. The van der Waals surface area contributed by atoms with E-state index in [1.54, 1.807) is 18.2 Å². The zero-order chi connectivity index (χ0) is 11.8. The van der Waals surface area contributed by atoms with Gasteiger partial charge in [-0.3, -0.25) is 5.32 Å². The van der Waals surface area contributed by atoms with Gasteiger partial charge in [0, 0.05) is 17.2 Å². The summed E-state index contributed by atoms with van der Waals surface area (Å²) in [5, 5.41) is 18.2. The fourth-order valence-electron chi connectivity index (χ4n) is 1.65. The summed E-state index contributed by atoms with van der Waals surface area (Å²) in [6.07, 6.45) is 0. The fourth-order valence-corrected chi connectivity index (χ4v) is 3.46. The number of aliphatic hydroxyl groups is 1. The number of rotatable bonds is 2. The monoisotopic (exact) mass is 260 g/mol. The fraction of sp³-hybridized carbons (Fsp3) is 0.333. The summed E-state index contributed by atoms with van der Waals surface area (Å²) < 4.78 is 22.8. The lowest BCUT2D eigenvalue weighted by Gasteiger charge is -2.24. The smallest absolute Gasteiger partial charge is 0.238 e. The first kappa shape index (κ1) is 11.9. The molecule has 7 heteroatoms. The summed E-state index contributed by atoms with van der Waals surface area (Å²) in [6.45, 7) is 0. The Kier molecular flexibility index (Phi) is 2.97. The molecule has 1 atom stereocenters. The normalized spacial score (nSPS) is 25.9. The summed E-state index contributed by atoms with van der Waals surface area (Å²) in [5.41, 5.74) is -1.00. The molecular formula is C9H12N2O3S2. The molecule has 1 aromatic rings. The van der Waals surface area contributed by atoms with Crippen molar-refractivity contribution in [2.45, 2.75) is 10.6 Å². The van der Waals surface area contributed by atoms with Crippen LogP contribution in [0.5, 0.6) is 0 Å². The van der Waals surface area contributed by atoms with E-state index in [1.165, 1.54) is 17.8 Å². The molecule has 2 rings (SSSR count). The van der Waals surface area contributed by atoms with Gasteiger partial charge in [0.1, 0.15) is 0 Å². The highest BCUT2D eigenvalue weighted by atomic mass is 32.2. The zero-order valence-electron chi connectivity index (χ0n) is 8.38. The summed E-state index contributed by atoms with van der Waals surface area (Å²) >= 11 is 1.50. The summed E-state index contributed by atoms with van der Waals surface area (Å²) in [4.78, 5) is -0.0347. The van der Waals surface area contributed by atoms with Crippen LogP contribution in [0.15, 0.2) is 29.2 Å². The molecule has 1 unspecified atom stereocenters. The van der Waals surface area contributed by atoms with Crippen molar-refractivity contribution in [3.05, 3.63) is 29.8 Å². The predicted molar refractivity (Wildman–Crippen MR) is 62.2 cm³/mol. The molecule has 0 amide bonds. The Hall–Kier alpha value is -0.600. The predicted octanol–water partition coefficient (Wildman–Crippen LogP) is -0.227. The van der Waals surface area contributed by atoms with E-state index in [1.807, 2.05) is 0 Å². The van der Waals surface area contributed by atoms with Crippen molar-refractivity contribution in [3.8, 4) is 0 Å². The molecule has 0 radical (unpaired) electrons. The maximum absolute atomic E-state index is 11.4. The van der Waals surface area contributed by atoms with Crippen LogP contribution in [0, 0.1) is 0 Å². The Morgan fingerprint density at radius 2 is 2.12 bits per heavy atom. The Morgan fingerprint density at radius 1 is 1.44 bits per heavy atom. The van der Waals surface area contributed by atoms with Gasteiger partial charge >= 0.3 is 0 Å². The molecule has 0 bridgehead atoms. The quantitative estimate of drug-likeness (QED) is 0.683. The number of sulfonamides is 1. The molecule has 1 fully saturated rings. The number of primary sulfonamides is 1. The van der Waals surface area contributed by atoms with Gasteiger partial charge < -0.3 is 5.11 Å². The molecule has 0 aromatic heterocycles.